The zero-order valence-electron chi connectivity index (χ0n) is 34.2. The minimum Gasteiger partial charge on any atom is -0.451 e. The summed E-state index contributed by atoms with van der Waals surface area (Å²) >= 11 is 6.57. The maximum absolute atomic E-state index is 13.4. The van der Waals surface area contributed by atoms with Gasteiger partial charge in [-0.1, -0.05) is 85.2 Å². The van der Waals surface area contributed by atoms with Gasteiger partial charge >= 0.3 is 11.8 Å². The number of nitro groups is 1. The van der Waals surface area contributed by atoms with Crippen LogP contribution in [0, 0.1) is 10.1 Å². The lowest BCUT2D eigenvalue weighted by Gasteiger charge is -2.63. The summed E-state index contributed by atoms with van der Waals surface area (Å²) in [5.41, 5.74) is -1.88. The van der Waals surface area contributed by atoms with Crippen LogP contribution in [0.3, 0.4) is 0 Å². The van der Waals surface area contributed by atoms with E-state index in [0.717, 1.165) is 10.1 Å². The summed E-state index contributed by atoms with van der Waals surface area (Å²) in [6, 6.07) is 11.6. The Kier molecular flexibility index (Phi) is 14.0. The molecule has 5 rings (SSSR count). The Bertz CT molecular complexity index is 2040. The summed E-state index contributed by atoms with van der Waals surface area (Å²) in [6.07, 6.45) is -4.18. The number of nitro benzene ring substituents is 1. The van der Waals surface area contributed by atoms with E-state index in [0.29, 0.717) is 12.0 Å². The highest BCUT2D eigenvalue weighted by Gasteiger charge is 2.80. The van der Waals surface area contributed by atoms with Crippen molar-refractivity contribution >= 4 is 40.1 Å². The van der Waals surface area contributed by atoms with Gasteiger partial charge in [-0.25, -0.2) is 9.59 Å². The number of rotatable bonds is 15. The Labute approximate surface area is 343 Å². The van der Waals surface area contributed by atoms with Crippen LogP contribution in [0.5, 0.6) is 5.75 Å². The second-order valence-corrected chi connectivity index (χ2v) is 26.7. The number of benzene rings is 2. The average molecular weight is 864 g/mol. The van der Waals surface area contributed by atoms with Crippen LogP contribution in [0.15, 0.2) is 64.3 Å². The van der Waals surface area contributed by atoms with E-state index in [1.54, 1.807) is 25.1 Å². The van der Waals surface area contributed by atoms with E-state index in [1.807, 2.05) is 55.4 Å². The van der Waals surface area contributed by atoms with E-state index >= 15 is 0 Å². The molecule has 0 bridgehead atoms. The number of ether oxygens (including phenoxy) is 5. The summed E-state index contributed by atoms with van der Waals surface area (Å²) < 4.78 is 38.4. The molecule has 2 fully saturated rings. The lowest BCUT2D eigenvalue weighted by atomic mass is 10.1. The molecule has 3 aromatic rings. The summed E-state index contributed by atoms with van der Waals surface area (Å²) in [6.45, 7) is 17.7. The molecule has 0 spiro atoms. The number of carbonyl (C=O) groups is 1. The summed E-state index contributed by atoms with van der Waals surface area (Å²) in [5, 5.41) is 34.9. The molecule has 2 saturated heterocycles. The highest BCUT2D eigenvalue weighted by molar-refractivity contribution is 6.93. The number of hydrogen-bond acceptors (Lipinski definition) is 13. The van der Waals surface area contributed by atoms with Gasteiger partial charge in [0.2, 0.25) is 16.6 Å². The van der Waals surface area contributed by atoms with E-state index in [4.69, 9.17) is 39.4 Å². The quantitative estimate of drug-likeness (QED) is 0.0376. The molecule has 58 heavy (non-hydrogen) atoms. The predicted octanol–water partition coefficient (Wildman–Crippen LogP) is 6.43. The van der Waals surface area contributed by atoms with Crippen molar-refractivity contribution in [2.24, 2.45) is 0 Å². The Balaban J connectivity index is 1.36. The Morgan fingerprint density at radius 1 is 1.00 bits per heavy atom. The van der Waals surface area contributed by atoms with Gasteiger partial charge in [-0.2, -0.15) is 0 Å². The Hall–Kier alpha value is -3.73. The number of H-pyrrole nitrogens is 1. The molecule has 0 saturated carbocycles. The van der Waals surface area contributed by atoms with Crippen LogP contribution < -0.4 is 16.0 Å². The van der Waals surface area contributed by atoms with Crippen molar-refractivity contribution in [3.05, 3.63) is 102 Å². The van der Waals surface area contributed by atoms with Crippen molar-refractivity contribution < 1.29 is 47.7 Å². The molecule has 1 aromatic heterocycles. The van der Waals surface area contributed by atoms with Gasteiger partial charge in [0.1, 0.15) is 28.9 Å². The van der Waals surface area contributed by atoms with Crippen molar-refractivity contribution in [1.29, 1.82) is 0 Å². The third-order valence-electron chi connectivity index (χ3n) is 11.6. The van der Waals surface area contributed by atoms with E-state index in [1.165, 1.54) is 36.5 Å². The zero-order chi connectivity index (χ0) is 42.9. The van der Waals surface area contributed by atoms with Gasteiger partial charge < -0.3 is 38.0 Å². The molecule has 0 radical (unpaired) electrons. The first-order valence-corrected chi connectivity index (χ1v) is 24.0. The third kappa shape index (κ3) is 8.35. The first-order valence-electron chi connectivity index (χ1n) is 19.4. The second kappa shape index (κ2) is 17.9. The predicted molar refractivity (Wildman–Crippen MR) is 219 cm³/mol. The average Bonchev–Trinajstić information content (AvgIpc) is 3.43. The lowest BCUT2D eigenvalue weighted by molar-refractivity contribution is -0.384. The normalized spacial score (nSPS) is 24.3. The number of aromatic nitrogens is 2. The first kappa shape index (κ1) is 45.4. The standard InChI is InChI=1S/C39H54ClN3O13Si2/c1-22(2)57(23(3)4)36(45)34-39(48,58(56-57,24(5)6)25(7)8)33(35(55-34)42-18-16-32(44)41-37(42)46)53-26(9)52-21-28-12-15-30(20-31(28)40)54-38(47)51-19-17-27-10-13-29(14-11-27)43(49)50/h10-16,18,20,22-26,33-36,45,48H,17,19,21H2,1-9H3,(H,41,44,46)/t26?,33-,34+,35+,36?,39+/m0/s1. The number of halogens is 1. The molecule has 2 unspecified atom stereocenters. The highest BCUT2D eigenvalue weighted by Crippen LogP contribution is 2.60. The summed E-state index contributed by atoms with van der Waals surface area (Å²) in [4.78, 5) is 50.4. The van der Waals surface area contributed by atoms with Gasteiger partial charge in [-0.05, 0) is 46.3 Å². The van der Waals surface area contributed by atoms with Crippen molar-refractivity contribution in [2.75, 3.05) is 6.61 Å². The number of carbonyl (C=O) groups excluding carboxylic acids is 1. The molecule has 2 aromatic carbocycles. The molecule has 3 heterocycles. The van der Waals surface area contributed by atoms with Crippen LogP contribution in [0.1, 0.15) is 79.7 Å². The molecule has 0 amide bonds. The number of hydrogen-bond donors (Lipinski definition) is 3. The van der Waals surface area contributed by atoms with Crippen LogP contribution in [0.25, 0.3) is 0 Å². The number of non-ortho nitro benzene ring substituents is 1. The largest absolute Gasteiger partial charge is 0.513 e. The molecule has 318 valence electrons. The van der Waals surface area contributed by atoms with Gasteiger partial charge in [0.15, 0.2) is 12.5 Å². The molecule has 2 aliphatic rings. The number of nitrogens with one attached hydrogen (secondary N) is 1. The minimum absolute atomic E-state index is 0.0188. The first-order chi connectivity index (χ1) is 27.2. The number of aliphatic hydroxyl groups excluding tert-OH is 1. The molecule has 3 N–H and O–H groups in total. The van der Waals surface area contributed by atoms with Crippen molar-refractivity contribution in [3.63, 3.8) is 0 Å². The maximum atomic E-state index is 13.4. The fourth-order valence-corrected chi connectivity index (χ4v) is 24.5. The van der Waals surface area contributed by atoms with Gasteiger partial charge in [0.25, 0.3) is 11.2 Å². The lowest BCUT2D eigenvalue weighted by Crippen LogP contribution is -2.85. The van der Waals surface area contributed by atoms with E-state index in [2.05, 4.69) is 4.98 Å². The second-order valence-electron chi connectivity index (χ2n) is 16.2. The molecular formula is C39H54ClN3O13Si2. The van der Waals surface area contributed by atoms with Crippen molar-refractivity contribution in [3.8, 4) is 5.75 Å². The molecule has 2 aliphatic heterocycles. The smallest absolute Gasteiger partial charge is 0.451 e. The van der Waals surface area contributed by atoms with Crippen molar-refractivity contribution in [1.82, 2.24) is 9.55 Å². The van der Waals surface area contributed by atoms with Crippen LogP contribution in [0.2, 0.25) is 27.2 Å². The van der Waals surface area contributed by atoms with Crippen LogP contribution in [-0.2, 0) is 36.1 Å². The number of aliphatic hydroxyl groups is 2. The molecule has 0 aliphatic carbocycles. The van der Waals surface area contributed by atoms with Gasteiger partial charge in [-0.15, -0.1) is 0 Å². The van der Waals surface area contributed by atoms with Gasteiger partial charge in [0, 0.05) is 41.9 Å². The SMILES string of the molecule is CC(OCc1ccc(OC(=O)OCCc2ccc([N+](=O)[O-])cc2)cc1Cl)O[C@H]1[C@H](n2ccc(=O)[nH]c2=O)O[C@@H]2C(O)[Si](C(C)C)(C(C)C)O[Si](C(C)C)(C(C)C)[C@@]21O. The topological polar surface area (TPSA) is 211 Å². The Morgan fingerprint density at radius 2 is 1.64 bits per heavy atom. The van der Waals surface area contributed by atoms with E-state index < -0.39 is 74.6 Å². The molecule has 16 nitrogen and oxygen atoms in total. The number of fused-ring (bicyclic) bond motifs is 1. The zero-order valence-corrected chi connectivity index (χ0v) is 36.9. The fraction of sp³-hybridized carbons (Fsp3) is 0.564. The highest BCUT2D eigenvalue weighted by atomic mass is 35.5. The van der Waals surface area contributed by atoms with Crippen LogP contribution in [0.4, 0.5) is 10.5 Å². The van der Waals surface area contributed by atoms with E-state index in [-0.39, 0.29) is 51.8 Å². The van der Waals surface area contributed by atoms with Gasteiger partial charge in [-0.3, -0.25) is 24.5 Å². The molecular weight excluding hydrogens is 810 g/mol. The Morgan fingerprint density at radius 3 is 2.19 bits per heavy atom. The van der Waals surface area contributed by atoms with Crippen LogP contribution in [-0.4, -0.2) is 83.5 Å². The number of nitrogens with zero attached hydrogens (tertiary/aromatic N) is 2. The molecule has 6 atom stereocenters. The number of aromatic amines is 1. The van der Waals surface area contributed by atoms with E-state index in [9.17, 15) is 34.7 Å². The maximum Gasteiger partial charge on any atom is 0.513 e. The third-order valence-corrected chi connectivity index (χ3v) is 24.8. The van der Waals surface area contributed by atoms with Gasteiger partial charge in [0.05, 0.1) is 18.1 Å². The molecule has 19 heteroatoms. The van der Waals surface area contributed by atoms with Crippen LogP contribution >= 0.6 is 11.6 Å². The monoisotopic (exact) mass is 863 g/mol. The fourth-order valence-electron chi connectivity index (χ4n) is 8.88. The minimum atomic E-state index is -3.51. The summed E-state index contributed by atoms with van der Waals surface area (Å²) in [5.74, 6) is 0.117. The summed E-state index contributed by atoms with van der Waals surface area (Å²) in [7, 11) is -6.64. The van der Waals surface area contributed by atoms with Crippen molar-refractivity contribution in [2.45, 2.75) is 133 Å².